The van der Waals surface area contributed by atoms with Gasteiger partial charge in [0.05, 0.1) is 19.2 Å². The van der Waals surface area contributed by atoms with Crippen molar-refractivity contribution in [3.05, 3.63) is 59.2 Å². The van der Waals surface area contributed by atoms with Gasteiger partial charge in [-0.2, -0.15) is 17.4 Å². The molecule has 0 radical (unpaired) electrons. The Kier molecular flexibility index (Phi) is 7.17. The van der Waals surface area contributed by atoms with E-state index in [1.165, 1.54) is 51.4 Å². The molecule has 0 saturated carbocycles. The van der Waals surface area contributed by atoms with Crippen molar-refractivity contribution in [2.24, 2.45) is 0 Å². The summed E-state index contributed by atoms with van der Waals surface area (Å²) >= 11 is 0. The van der Waals surface area contributed by atoms with Gasteiger partial charge in [-0.05, 0) is 24.5 Å². The Morgan fingerprint density at radius 3 is 2.33 bits per heavy atom. The summed E-state index contributed by atoms with van der Waals surface area (Å²) in [6.45, 7) is 0.792. The number of amides is 1. The van der Waals surface area contributed by atoms with Crippen LogP contribution < -0.4 is 4.72 Å². The van der Waals surface area contributed by atoms with Gasteiger partial charge in [0.2, 0.25) is 0 Å². The number of hydrogen-bond donors (Lipinski definition) is 1. The van der Waals surface area contributed by atoms with Gasteiger partial charge in [0, 0.05) is 31.6 Å². The van der Waals surface area contributed by atoms with Crippen LogP contribution in [0.1, 0.15) is 17.5 Å². The summed E-state index contributed by atoms with van der Waals surface area (Å²) in [5.41, 5.74) is 0.191. The van der Waals surface area contributed by atoms with Crippen molar-refractivity contribution < 1.29 is 35.5 Å². The molecule has 4 rings (SSSR count). The topological polar surface area (TPSA) is 79.0 Å². The number of hydrogen-bond acceptors (Lipinski definition) is 4. The minimum Gasteiger partial charge on any atom is -0.368 e. The van der Waals surface area contributed by atoms with Crippen LogP contribution in [0.15, 0.2) is 36.4 Å². The minimum atomic E-state index is -4.32. The van der Waals surface area contributed by atoms with Crippen molar-refractivity contribution in [1.82, 2.24) is 13.9 Å². The van der Waals surface area contributed by atoms with E-state index in [9.17, 15) is 17.6 Å². The maximum Gasteiger partial charge on any atom is 0.283 e. The molecule has 2 saturated heterocycles. The van der Waals surface area contributed by atoms with Crippen LogP contribution in [0, 0.1) is 18.6 Å². The predicted octanol–water partition coefficient (Wildman–Crippen LogP) is 2.88. The Bertz CT molecular complexity index is 1270. The summed E-state index contributed by atoms with van der Waals surface area (Å²) < 4.78 is 93.5. The van der Waals surface area contributed by atoms with Crippen LogP contribution in [0.4, 0.5) is 17.6 Å². The summed E-state index contributed by atoms with van der Waals surface area (Å²) in [6, 6.07) is 5.26. The van der Waals surface area contributed by atoms with E-state index in [0.29, 0.717) is 18.6 Å². The number of ether oxygens (including phenoxy) is 1. The molecule has 0 aromatic heterocycles. The fraction of sp³-hybridized carbons (Fsp3) is 0.458. The predicted molar refractivity (Wildman–Crippen MR) is 125 cm³/mol. The molecule has 36 heavy (non-hydrogen) atoms. The molecular formula is C24H27F4N3O4S. The molecule has 2 fully saturated rings. The number of nitrogens with zero attached hydrogens (tertiary/aromatic N) is 2. The van der Waals surface area contributed by atoms with Crippen LogP contribution in [0.2, 0.25) is 0 Å². The van der Waals surface area contributed by atoms with E-state index >= 15 is 13.2 Å². The molecular weight excluding hydrogens is 502 g/mol. The van der Waals surface area contributed by atoms with Gasteiger partial charge >= 0.3 is 0 Å². The Balaban J connectivity index is 1.75. The van der Waals surface area contributed by atoms with Crippen molar-refractivity contribution in [2.45, 2.75) is 43.9 Å². The molecule has 12 heteroatoms. The maximum atomic E-state index is 15.6. The smallest absolute Gasteiger partial charge is 0.283 e. The van der Waals surface area contributed by atoms with Crippen LogP contribution in [0.25, 0.3) is 11.1 Å². The highest BCUT2D eigenvalue weighted by Gasteiger charge is 2.58. The fourth-order valence-electron chi connectivity index (χ4n) is 4.45. The number of halogens is 4. The Labute approximate surface area is 207 Å². The molecule has 2 aliphatic heterocycles. The monoisotopic (exact) mass is 529 g/mol. The summed E-state index contributed by atoms with van der Waals surface area (Å²) in [7, 11) is -1.97. The first kappa shape index (κ1) is 26.5. The highest BCUT2D eigenvalue weighted by Crippen LogP contribution is 2.38. The quantitative estimate of drug-likeness (QED) is 0.560. The number of benzene rings is 2. The zero-order valence-corrected chi connectivity index (χ0v) is 20.8. The molecule has 2 aromatic carbocycles. The molecule has 2 heterocycles. The molecule has 2 aromatic rings. The van der Waals surface area contributed by atoms with Gasteiger partial charge in [0.15, 0.2) is 0 Å². The van der Waals surface area contributed by atoms with Crippen molar-refractivity contribution in [3.63, 3.8) is 0 Å². The highest BCUT2D eigenvalue weighted by molar-refractivity contribution is 7.87. The average molecular weight is 530 g/mol. The second-order valence-corrected chi connectivity index (χ2v) is 11.2. The van der Waals surface area contributed by atoms with Gasteiger partial charge in [-0.3, -0.25) is 4.79 Å². The van der Waals surface area contributed by atoms with Gasteiger partial charge in [-0.25, -0.2) is 17.6 Å². The van der Waals surface area contributed by atoms with Crippen LogP contribution in [-0.2, 0) is 26.2 Å². The summed E-state index contributed by atoms with van der Waals surface area (Å²) in [5.74, 6) is -5.79. The van der Waals surface area contributed by atoms with E-state index in [0.717, 1.165) is 9.21 Å². The second-order valence-electron chi connectivity index (χ2n) is 9.24. The Hall–Kier alpha value is -2.54. The molecule has 3 atom stereocenters. The fourth-order valence-corrected chi connectivity index (χ4v) is 5.31. The SMILES string of the molecule is Cc1cccc(-c2cccc(C[C@H]3[C@@H](NS(=O)(=O)N(C)C)C(F)(F)CN3C(=O)[C@@H]3CCO3)c2F)c1F. The van der Waals surface area contributed by atoms with Crippen molar-refractivity contribution >= 4 is 16.1 Å². The minimum absolute atomic E-state index is 0.00626. The number of rotatable bonds is 7. The third-order valence-electron chi connectivity index (χ3n) is 6.63. The first-order valence-corrected chi connectivity index (χ1v) is 12.8. The van der Waals surface area contributed by atoms with E-state index in [1.54, 1.807) is 6.07 Å². The van der Waals surface area contributed by atoms with Crippen molar-refractivity contribution in [1.29, 1.82) is 0 Å². The molecule has 0 spiro atoms. The third-order valence-corrected chi connectivity index (χ3v) is 8.14. The average Bonchev–Trinajstić information content (AvgIpc) is 3.00. The number of aryl methyl sites for hydroxylation is 1. The molecule has 0 unspecified atom stereocenters. The lowest BCUT2D eigenvalue weighted by atomic mass is 9.94. The van der Waals surface area contributed by atoms with Gasteiger partial charge in [0.1, 0.15) is 23.8 Å². The van der Waals surface area contributed by atoms with Crippen LogP contribution >= 0.6 is 0 Å². The van der Waals surface area contributed by atoms with Crippen LogP contribution in [0.5, 0.6) is 0 Å². The molecule has 0 aliphatic carbocycles. The van der Waals surface area contributed by atoms with E-state index in [2.05, 4.69) is 0 Å². The van der Waals surface area contributed by atoms with Gasteiger partial charge < -0.3 is 9.64 Å². The largest absolute Gasteiger partial charge is 0.368 e. The number of likely N-dealkylation sites (tertiary alicyclic amines) is 1. The third kappa shape index (κ3) is 4.86. The zero-order chi connectivity index (χ0) is 26.4. The van der Waals surface area contributed by atoms with Gasteiger partial charge in [0.25, 0.3) is 22.0 Å². The summed E-state index contributed by atoms with van der Waals surface area (Å²) in [5, 5.41) is 0. The molecule has 2 aliphatic rings. The van der Waals surface area contributed by atoms with Crippen molar-refractivity contribution in [3.8, 4) is 11.1 Å². The Morgan fingerprint density at radius 2 is 1.75 bits per heavy atom. The normalized spacial score (nSPS) is 23.7. The van der Waals surface area contributed by atoms with Crippen LogP contribution in [0.3, 0.4) is 0 Å². The number of alkyl halides is 2. The molecule has 1 N–H and O–H groups in total. The standard InChI is InChI=1S/C24H27F4N3O4S/c1-14-6-4-8-16(20(14)25)17-9-5-7-15(21(17)26)12-18-22(29-36(33,34)30(2)3)24(27,28)13-31(18)23(32)19-10-11-35-19/h4-9,18-19,22,29H,10-13H2,1-3H3/t18-,19-,22+/m0/s1. The number of nitrogens with one attached hydrogen (secondary N) is 1. The molecule has 1 amide bonds. The van der Waals surface area contributed by atoms with E-state index < -0.39 is 64.8 Å². The molecule has 7 nitrogen and oxygen atoms in total. The lowest BCUT2D eigenvalue weighted by Crippen LogP contribution is -2.55. The molecule has 0 bridgehead atoms. The van der Waals surface area contributed by atoms with E-state index in [4.69, 9.17) is 4.74 Å². The maximum absolute atomic E-state index is 15.6. The first-order chi connectivity index (χ1) is 16.8. The second kappa shape index (κ2) is 9.73. The summed E-state index contributed by atoms with van der Waals surface area (Å²) in [4.78, 5) is 13.8. The number of carbonyl (C=O) groups is 1. The lowest BCUT2D eigenvalue weighted by Gasteiger charge is -2.34. The van der Waals surface area contributed by atoms with Gasteiger partial charge in [-0.15, -0.1) is 0 Å². The van der Waals surface area contributed by atoms with E-state index in [1.807, 2.05) is 4.72 Å². The van der Waals surface area contributed by atoms with Gasteiger partial charge in [-0.1, -0.05) is 36.4 Å². The van der Waals surface area contributed by atoms with Crippen molar-refractivity contribution in [2.75, 3.05) is 27.2 Å². The zero-order valence-electron chi connectivity index (χ0n) is 20.0. The Morgan fingerprint density at radius 1 is 1.14 bits per heavy atom. The number of carbonyl (C=O) groups excluding carboxylic acids is 1. The van der Waals surface area contributed by atoms with Crippen LogP contribution in [-0.4, -0.2) is 74.9 Å². The molecule has 196 valence electrons. The summed E-state index contributed by atoms with van der Waals surface area (Å²) in [6.07, 6.45) is -0.995. The highest BCUT2D eigenvalue weighted by atomic mass is 32.2. The lowest BCUT2D eigenvalue weighted by molar-refractivity contribution is -0.158. The first-order valence-electron chi connectivity index (χ1n) is 11.4. The van der Waals surface area contributed by atoms with E-state index in [-0.39, 0.29) is 16.7 Å².